The third-order valence-corrected chi connectivity index (χ3v) is 6.72. The molecular weight excluding hydrogens is 492 g/mol. The number of carbonyl (C=O) groups is 2. The van der Waals surface area contributed by atoms with Crippen molar-refractivity contribution in [2.75, 3.05) is 44.8 Å². The zero-order valence-corrected chi connectivity index (χ0v) is 18.9. The van der Waals surface area contributed by atoms with Crippen LogP contribution in [-0.4, -0.2) is 64.1 Å². The Morgan fingerprint density at radius 3 is 2.29 bits per heavy atom. The molecule has 0 radical (unpaired) electrons. The lowest BCUT2D eigenvalue weighted by atomic mass is 10.3. The maximum Gasteiger partial charge on any atom is 0.344 e. The molecular formula is C20H21BrN2O7S. The molecule has 1 amide bonds. The van der Waals surface area contributed by atoms with E-state index >= 15 is 0 Å². The number of carbonyl (C=O) groups excluding carboxylic acids is 2. The van der Waals surface area contributed by atoms with Crippen LogP contribution >= 0.6 is 15.9 Å². The van der Waals surface area contributed by atoms with Gasteiger partial charge >= 0.3 is 5.97 Å². The summed E-state index contributed by atoms with van der Waals surface area (Å²) >= 11 is 3.30. The number of hydrogen-bond acceptors (Lipinski definition) is 7. The molecule has 0 aliphatic carbocycles. The lowest BCUT2D eigenvalue weighted by Crippen LogP contribution is -2.40. The normalized spacial score (nSPS) is 14.6. The third kappa shape index (κ3) is 6.76. The number of nitrogens with zero attached hydrogens (tertiary/aromatic N) is 1. The highest BCUT2D eigenvalue weighted by Gasteiger charge is 2.26. The molecule has 2 aromatic rings. The Morgan fingerprint density at radius 2 is 1.65 bits per heavy atom. The molecule has 31 heavy (non-hydrogen) atoms. The number of benzene rings is 2. The van der Waals surface area contributed by atoms with Crippen LogP contribution in [0.25, 0.3) is 0 Å². The van der Waals surface area contributed by atoms with Crippen LogP contribution in [-0.2, 0) is 29.1 Å². The minimum Gasteiger partial charge on any atom is -0.482 e. The zero-order chi connectivity index (χ0) is 22.3. The van der Waals surface area contributed by atoms with Crippen LogP contribution in [0, 0.1) is 0 Å². The Morgan fingerprint density at radius 1 is 1.00 bits per heavy atom. The monoisotopic (exact) mass is 512 g/mol. The van der Waals surface area contributed by atoms with Crippen LogP contribution in [0.4, 0.5) is 5.69 Å². The summed E-state index contributed by atoms with van der Waals surface area (Å²) in [5.41, 5.74) is 0.382. The molecule has 9 nitrogen and oxygen atoms in total. The van der Waals surface area contributed by atoms with Crippen molar-refractivity contribution in [3.8, 4) is 5.75 Å². The molecule has 0 atom stereocenters. The van der Waals surface area contributed by atoms with Crippen LogP contribution in [0.5, 0.6) is 5.75 Å². The Balaban J connectivity index is 1.44. The maximum atomic E-state index is 12.6. The molecule has 166 valence electrons. The first-order valence-corrected chi connectivity index (χ1v) is 11.6. The molecule has 1 heterocycles. The second-order valence-electron chi connectivity index (χ2n) is 6.49. The number of halogens is 1. The number of ether oxygens (including phenoxy) is 3. The fourth-order valence-electron chi connectivity index (χ4n) is 2.70. The number of amides is 1. The summed E-state index contributed by atoms with van der Waals surface area (Å²) < 4.78 is 42.7. The molecule has 1 N–H and O–H groups in total. The highest BCUT2D eigenvalue weighted by molar-refractivity contribution is 9.10. The molecule has 0 bridgehead atoms. The predicted molar refractivity (Wildman–Crippen MR) is 115 cm³/mol. The average Bonchev–Trinajstić information content (AvgIpc) is 2.78. The lowest BCUT2D eigenvalue weighted by molar-refractivity contribution is -0.149. The van der Waals surface area contributed by atoms with Crippen molar-refractivity contribution in [2.45, 2.75) is 4.90 Å². The topological polar surface area (TPSA) is 111 Å². The second-order valence-corrected chi connectivity index (χ2v) is 9.35. The molecule has 1 aliphatic rings. The van der Waals surface area contributed by atoms with Crippen molar-refractivity contribution in [3.05, 3.63) is 53.0 Å². The number of nitrogens with one attached hydrogen (secondary N) is 1. The first kappa shape index (κ1) is 23.2. The standard InChI is InChI=1S/C20H21BrN2O7S/c21-15-1-5-17(6-2-15)29-14-20(25)30-13-19(24)22-16-3-7-18(8-4-16)31(26,27)23-9-11-28-12-10-23/h1-8H,9-14H2,(H,22,24). The van der Waals surface area contributed by atoms with E-state index in [0.717, 1.165) is 4.47 Å². The fraction of sp³-hybridized carbons (Fsp3) is 0.300. The average molecular weight is 513 g/mol. The van der Waals surface area contributed by atoms with E-state index < -0.39 is 28.5 Å². The third-order valence-electron chi connectivity index (χ3n) is 4.28. The van der Waals surface area contributed by atoms with Crippen LogP contribution < -0.4 is 10.1 Å². The number of anilines is 1. The van der Waals surface area contributed by atoms with E-state index in [0.29, 0.717) is 37.7 Å². The van der Waals surface area contributed by atoms with Gasteiger partial charge in [0, 0.05) is 23.2 Å². The van der Waals surface area contributed by atoms with Crippen LogP contribution in [0.3, 0.4) is 0 Å². The summed E-state index contributed by atoms with van der Waals surface area (Å²) in [7, 11) is -3.61. The molecule has 1 fully saturated rings. The van der Waals surface area contributed by atoms with Gasteiger partial charge in [-0.2, -0.15) is 4.31 Å². The second kappa shape index (κ2) is 10.7. The Kier molecular flexibility index (Phi) is 8.02. The summed E-state index contributed by atoms with van der Waals surface area (Å²) in [5.74, 6) is -0.748. The van der Waals surface area contributed by atoms with Crippen molar-refractivity contribution in [1.29, 1.82) is 0 Å². The van der Waals surface area contributed by atoms with Crippen LogP contribution in [0.15, 0.2) is 57.9 Å². The fourth-order valence-corrected chi connectivity index (χ4v) is 4.38. The summed E-state index contributed by atoms with van der Waals surface area (Å²) in [4.78, 5) is 23.8. The van der Waals surface area contributed by atoms with Gasteiger partial charge in [0.1, 0.15) is 5.75 Å². The Hall–Kier alpha value is -2.47. The van der Waals surface area contributed by atoms with E-state index in [1.165, 1.54) is 28.6 Å². The smallest absolute Gasteiger partial charge is 0.344 e. The highest BCUT2D eigenvalue weighted by Crippen LogP contribution is 2.19. The first-order valence-electron chi connectivity index (χ1n) is 9.36. The van der Waals surface area contributed by atoms with E-state index in [1.54, 1.807) is 24.3 Å². The molecule has 2 aromatic carbocycles. The molecule has 3 rings (SSSR count). The zero-order valence-electron chi connectivity index (χ0n) is 16.5. The summed E-state index contributed by atoms with van der Waals surface area (Å²) in [6, 6.07) is 12.7. The van der Waals surface area contributed by atoms with Gasteiger partial charge in [-0.05, 0) is 48.5 Å². The molecule has 0 saturated carbocycles. The van der Waals surface area contributed by atoms with E-state index in [4.69, 9.17) is 14.2 Å². The van der Waals surface area contributed by atoms with E-state index in [2.05, 4.69) is 21.2 Å². The lowest BCUT2D eigenvalue weighted by Gasteiger charge is -2.26. The quantitative estimate of drug-likeness (QED) is 0.538. The Bertz CT molecular complexity index is 1000. The SMILES string of the molecule is O=C(COC(=O)COc1ccc(Br)cc1)Nc1ccc(S(=O)(=O)N2CCOCC2)cc1. The highest BCUT2D eigenvalue weighted by atomic mass is 79.9. The van der Waals surface area contributed by atoms with Gasteiger partial charge < -0.3 is 19.5 Å². The molecule has 0 aromatic heterocycles. The number of rotatable bonds is 8. The summed E-state index contributed by atoms with van der Waals surface area (Å²) in [5, 5.41) is 2.54. The van der Waals surface area contributed by atoms with Crippen molar-refractivity contribution >= 4 is 43.5 Å². The largest absolute Gasteiger partial charge is 0.482 e. The van der Waals surface area contributed by atoms with Crippen LogP contribution in [0.1, 0.15) is 0 Å². The summed E-state index contributed by atoms with van der Waals surface area (Å²) in [6.07, 6.45) is 0. The van der Waals surface area contributed by atoms with Crippen LogP contribution in [0.2, 0.25) is 0 Å². The van der Waals surface area contributed by atoms with Crippen molar-refractivity contribution < 1.29 is 32.2 Å². The van der Waals surface area contributed by atoms with Gasteiger partial charge in [0.25, 0.3) is 5.91 Å². The maximum absolute atomic E-state index is 12.6. The molecule has 11 heteroatoms. The van der Waals surface area contributed by atoms with E-state index in [-0.39, 0.29) is 11.5 Å². The Labute approximate surface area is 188 Å². The molecule has 0 spiro atoms. The number of esters is 1. The number of morpholine rings is 1. The van der Waals surface area contributed by atoms with E-state index in [9.17, 15) is 18.0 Å². The summed E-state index contributed by atoms with van der Waals surface area (Å²) in [6.45, 7) is 0.509. The van der Waals surface area contributed by atoms with E-state index in [1.807, 2.05) is 0 Å². The first-order chi connectivity index (χ1) is 14.8. The molecule has 1 saturated heterocycles. The van der Waals surface area contributed by atoms with Crippen molar-refractivity contribution in [1.82, 2.24) is 4.31 Å². The minimum absolute atomic E-state index is 0.129. The number of sulfonamides is 1. The van der Waals surface area contributed by atoms with Gasteiger partial charge in [0.05, 0.1) is 18.1 Å². The number of hydrogen-bond donors (Lipinski definition) is 1. The van der Waals surface area contributed by atoms with Gasteiger partial charge in [-0.3, -0.25) is 4.79 Å². The van der Waals surface area contributed by atoms with Gasteiger partial charge in [-0.1, -0.05) is 15.9 Å². The predicted octanol–water partition coefficient (Wildman–Crippen LogP) is 2.03. The van der Waals surface area contributed by atoms with Gasteiger partial charge in [0.15, 0.2) is 13.2 Å². The van der Waals surface area contributed by atoms with Gasteiger partial charge in [-0.25, -0.2) is 13.2 Å². The van der Waals surface area contributed by atoms with Crippen molar-refractivity contribution in [2.24, 2.45) is 0 Å². The van der Waals surface area contributed by atoms with Gasteiger partial charge in [0.2, 0.25) is 10.0 Å². The van der Waals surface area contributed by atoms with Crippen molar-refractivity contribution in [3.63, 3.8) is 0 Å². The van der Waals surface area contributed by atoms with Gasteiger partial charge in [-0.15, -0.1) is 0 Å². The molecule has 1 aliphatic heterocycles. The minimum atomic E-state index is -3.61. The molecule has 0 unspecified atom stereocenters.